The predicted molar refractivity (Wildman–Crippen MR) is 85.9 cm³/mol. The molecule has 0 aliphatic heterocycles. The molecule has 0 saturated heterocycles. The van der Waals surface area contributed by atoms with Crippen molar-refractivity contribution in [2.45, 2.75) is 26.9 Å². The fraction of sp³-hybridized carbons (Fsp3) is 0.294. The van der Waals surface area contributed by atoms with Crippen molar-refractivity contribution < 1.29 is 13.9 Å². The predicted octanol–water partition coefficient (Wildman–Crippen LogP) is 5.09. The highest BCUT2D eigenvalue weighted by Crippen LogP contribution is 2.46. The molecule has 2 aromatic rings. The molecule has 3 nitrogen and oxygen atoms in total. The van der Waals surface area contributed by atoms with Gasteiger partial charge in [0.1, 0.15) is 5.75 Å². The largest absolute Gasteiger partial charge is 0.427 e. The Balaban J connectivity index is 2.09. The van der Waals surface area contributed by atoms with Gasteiger partial charge in [0, 0.05) is 0 Å². The summed E-state index contributed by atoms with van der Waals surface area (Å²) in [7, 11) is -1.98. The summed E-state index contributed by atoms with van der Waals surface area (Å²) in [5.41, 5.74) is 0.883. The highest BCUT2D eigenvalue weighted by molar-refractivity contribution is 7.41. The van der Waals surface area contributed by atoms with Gasteiger partial charge in [-0.25, -0.2) is 0 Å². The molecule has 2 aromatic carbocycles. The minimum atomic E-state index is -1.98. The van der Waals surface area contributed by atoms with E-state index >= 15 is 0 Å². The van der Waals surface area contributed by atoms with E-state index in [0.29, 0.717) is 5.75 Å². The van der Waals surface area contributed by atoms with Gasteiger partial charge in [-0.1, -0.05) is 69.3 Å². The molecule has 0 fully saturated rings. The molecular weight excluding hydrogens is 283 g/mol. The van der Waals surface area contributed by atoms with Crippen LogP contribution in [0.5, 0.6) is 5.75 Å². The molecule has 4 heteroatoms. The molecule has 1 N–H and O–H groups in total. The van der Waals surface area contributed by atoms with Crippen LogP contribution in [0.25, 0.3) is 0 Å². The summed E-state index contributed by atoms with van der Waals surface area (Å²) in [5.74, 6) is 0.604. The van der Waals surface area contributed by atoms with E-state index < -0.39 is 8.60 Å². The van der Waals surface area contributed by atoms with Crippen LogP contribution in [0.2, 0.25) is 0 Å². The van der Waals surface area contributed by atoms with Crippen LogP contribution < -0.4 is 4.52 Å². The zero-order chi connectivity index (χ0) is 15.3. The molecule has 0 saturated carbocycles. The summed E-state index contributed by atoms with van der Waals surface area (Å²) in [5, 5.41) is 0. The quantitative estimate of drug-likeness (QED) is 0.782. The topological polar surface area (TPSA) is 38.7 Å². The van der Waals surface area contributed by atoms with Gasteiger partial charge < -0.3 is 9.42 Å². The van der Waals surface area contributed by atoms with E-state index in [1.807, 2.05) is 48.5 Å². The Labute approximate surface area is 127 Å². The van der Waals surface area contributed by atoms with Crippen LogP contribution in [0.3, 0.4) is 0 Å². The third-order valence-electron chi connectivity index (χ3n) is 3.01. The lowest BCUT2D eigenvalue weighted by atomic mass is 9.85. The molecule has 0 radical (unpaired) electrons. The number of hydrogen-bond acceptors (Lipinski definition) is 3. The molecule has 2 rings (SSSR count). The van der Waals surface area contributed by atoms with Gasteiger partial charge >= 0.3 is 8.60 Å². The van der Waals surface area contributed by atoms with E-state index in [1.54, 1.807) is 12.1 Å². The van der Waals surface area contributed by atoms with Crippen LogP contribution in [0, 0.1) is 5.41 Å². The molecule has 0 heterocycles. The Morgan fingerprint density at radius 2 is 1.43 bits per heavy atom. The van der Waals surface area contributed by atoms with Crippen LogP contribution in [0.1, 0.15) is 32.4 Å². The van der Waals surface area contributed by atoms with Crippen LogP contribution in [0.15, 0.2) is 60.7 Å². The van der Waals surface area contributed by atoms with Crippen LogP contribution in [-0.4, -0.2) is 4.89 Å². The highest BCUT2D eigenvalue weighted by Gasteiger charge is 2.30. The Morgan fingerprint density at radius 1 is 0.905 bits per heavy atom. The Morgan fingerprint density at radius 3 is 1.95 bits per heavy atom. The third kappa shape index (κ3) is 4.82. The maximum atomic E-state index is 10.1. The van der Waals surface area contributed by atoms with Gasteiger partial charge in [0.2, 0.25) is 0 Å². The molecule has 0 spiro atoms. The van der Waals surface area contributed by atoms with E-state index in [1.165, 1.54) is 0 Å². The normalized spacial score (nSPS) is 14.5. The smallest absolute Gasteiger partial charge is 0.395 e. The number of hydrogen-bond donors (Lipinski definition) is 1. The molecular formula is C17H21O3P. The second-order valence-corrected chi connectivity index (χ2v) is 6.77. The zero-order valence-corrected chi connectivity index (χ0v) is 13.5. The number of para-hydroxylation sites is 1. The molecule has 0 aromatic heterocycles. The minimum absolute atomic E-state index is 0.148. The standard InChI is InChI=1S/C17H21O3P/c1-17(2,3)16(14-10-6-4-7-11-14)20-21(18)19-15-12-8-5-9-13-15/h4-13,16,18H,1-3H3. The molecule has 0 aliphatic carbocycles. The summed E-state index contributed by atoms with van der Waals surface area (Å²) in [6.07, 6.45) is -0.237. The van der Waals surface area contributed by atoms with Gasteiger partial charge in [-0.05, 0) is 23.1 Å². The summed E-state index contributed by atoms with van der Waals surface area (Å²) in [4.78, 5) is 10.1. The summed E-state index contributed by atoms with van der Waals surface area (Å²) < 4.78 is 11.3. The van der Waals surface area contributed by atoms with Crippen molar-refractivity contribution in [2.24, 2.45) is 5.41 Å². The first kappa shape index (κ1) is 16.0. The molecule has 0 aliphatic rings. The van der Waals surface area contributed by atoms with Gasteiger partial charge in [0.05, 0.1) is 6.10 Å². The highest BCUT2D eigenvalue weighted by atomic mass is 31.2. The molecule has 0 bridgehead atoms. The summed E-state index contributed by atoms with van der Waals surface area (Å²) in [6.45, 7) is 6.24. The second-order valence-electron chi connectivity index (χ2n) is 5.90. The van der Waals surface area contributed by atoms with Crippen molar-refractivity contribution in [3.8, 4) is 5.75 Å². The van der Waals surface area contributed by atoms with E-state index in [0.717, 1.165) is 5.56 Å². The van der Waals surface area contributed by atoms with Crippen molar-refractivity contribution in [1.82, 2.24) is 0 Å². The van der Waals surface area contributed by atoms with Crippen LogP contribution >= 0.6 is 8.60 Å². The van der Waals surface area contributed by atoms with Crippen LogP contribution in [-0.2, 0) is 4.52 Å². The van der Waals surface area contributed by atoms with Crippen molar-refractivity contribution >= 4 is 8.60 Å². The monoisotopic (exact) mass is 304 g/mol. The third-order valence-corrected chi connectivity index (χ3v) is 3.77. The molecule has 2 atom stereocenters. The average Bonchev–Trinajstić information content (AvgIpc) is 2.45. The van der Waals surface area contributed by atoms with Gasteiger partial charge in [-0.2, -0.15) is 0 Å². The van der Waals surface area contributed by atoms with E-state index in [4.69, 9.17) is 9.05 Å². The maximum Gasteiger partial charge on any atom is 0.395 e. The minimum Gasteiger partial charge on any atom is -0.427 e. The number of benzene rings is 2. The van der Waals surface area contributed by atoms with Gasteiger partial charge in [-0.3, -0.25) is 4.52 Å². The van der Waals surface area contributed by atoms with Crippen molar-refractivity contribution in [1.29, 1.82) is 0 Å². The van der Waals surface area contributed by atoms with Crippen molar-refractivity contribution in [3.05, 3.63) is 66.2 Å². The SMILES string of the molecule is CC(C)(C)C(OP(O)Oc1ccccc1)c1ccccc1. The van der Waals surface area contributed by atoms with E-state index in [9.17, 15) is 4.89 Å². The first-order chi connectivity index (χ1) is 9.97. The fourth-order valence-electron chi connectivity index (χ4n) is 2.03. The maximum absolute atomic E-state index is 10.1. The Bertz CT molecular complexity index is 537. The summed E-state index contributed by atoms with van der Waals surface area (Å²) in [6, 6.07) is 19.1. The first-order valence-corrected chi connectivity index (χ1v) is 8.03. The lowest BCUT2D eigenvalue weighted by Gasteiger charge is -2.31. The summed E-state index contributed by atoms with van der Waals surface area (Å²) >= 11 is 0. The lowest BCUT2D eigenvalue weighted by Crippen LogP contribution is -2.20. The molecule has 112 valence electrons. The van der Waals surface area contributed by atoms with Crippen molar-refractivity contribution in [2.75, 3.05) is 0 Å². The van der Waals surface area contributed by atoms with Crippen molar-refractivity contribution in [3.63, 3.8) is 0 Å². The van der Waals surface area contributed by atoms with Gasteiger partial charge in [-0.15, -0.1) is 0 Å². The molecule has 0 amide bonds. The van der Waals surface area contributed by atoms with Crippen LogP contribution in [0.4, 0.5) is 0 Å². The fourth-order valence-corrected chi connectivity index (χ4v) is 2.99. The lowest BCUT2D eigenvalue weighted by molar-refractivity contribution is 0.0745. The van der Waals surface area contributed by atoms with E-state index in [2.05, 4.69) is 20.8 Å². The Hall–Kier alpha value is -1.41. The van der Waals surface area contributed by atoms with Gasteiger partial charge in [0.15, 0.2) is 0 Å². The average molecular weight is 304 g/mol. The molecule has 21 heavy (non-hydrogen) atoms. The second kappa shape index (κ2) is 7.04. The Kier molecular flexibility index (Phi) is 5.35. The van der Waals surface area contributed by atoms with Gasteiger partial charge in [0.25, 0.3) is 0 Å². The van der Waals surface area contributed by atoms with E-state index in [-0.39, 0.29) is 11.5 Å². The molecule has 2 unspecified atom stereocenters. The zero-order valence-electron chi connectivity index (χ0n) is 12.6. The first-order valence-electron chi connectivity index (χ1n) is 6.90. The number of rotatable bonds is 5.